The Morgan fingerprint density at radius 1 is 0.900 bits per heavy atom. The van der Waals surface area contributed by atoms with Crippen molar-refractivity contribution in [3.63, 3.8) is 0 Å². The van der Waals surface area contributed by atoms with Crippen molar-refractivity contribution in [1.82, 2.24) is 16.2 Å². The lowest BCUT2D eigenvalue weighted by atomic mass is 10.1. The number of benzene rings is 2. The Morgan fingerprint density at radius 3 is 2.33 bits per heavy atom. The molecule has 9 heteroatoms. The van der Waals surface area contributed by atoms with Gasteiger partial charge >= 0.3 is 6.09 Å². The highest BCUT2D eigenvalue weighted by molar-refractivity contribution is 5.99. The fourth-order valence-electron chi connectivity index (χ4n) is 2.29. The maximum Gasteiger partial charge on any atom is 0.407 e. The molecule has 9 nitrogen and oxygen atoms in total. The zero-order valence-corrected chi connectivity index (χ0v) is 16.1. The summed E-state index contributed by atoms with van der Waals surface area (Å²) in [6, 6.07) is 15.8. The van der Waals surface area contributed by atoms with Gasteiger partial charge in [-0.3, -0.25) is 25.2 Å². The second-order valence-electron chi connectivity index (χ2n) is 6.08. The minimum absolute atomic E-state index is 0.0232. The maximum atomic E-state index is 12.0. The number of ether oxygens (including phenoxy) is 1. The fraction of sp³-hybridized carbons (Fsp3) is 0.143. The summed E-state index contributed by atoms with van der Waals surface area (Å²) in [6.45, 7) is 3.08. The predicted molar refractivity (Wildman–Crippen MR) is 110 cm³/mol. The molecule has 0 bridgehead atoms. The quantitative estimate of drug-likeness (QED) is 0.387. The first-order valence-corrected chi connectivity index (χ1v) is 9.01. The van der Waals surface area contributed by atoms with E-state index in [-0.39, 0.29) is 25.5 Å². The van der Waals surface area contributed by atoms with E-state index in [0.29, 0.717) is 11.3 Å². The molecule has 0 aliphatic rings. The van der Waals surface area contributed by atoms with E-state index in [9.17, 15) is 19.2 Å². The molecular weight excluding hydrogens is 388 g/mol. The van der Waals surface area contributed by atoms with E-state index in [1.807, 2.05) is 18.2 Å². The number of carbonyl (C=O) groups excluding carboxylic acids is 4. The Morgan fingerprint density at radius 2 is 1.60 bits per heavy atom. The van der Waals surface area contributed by atoms with Gasteiger partial charge in [-0.05, 0) is 29.3 Å². The number of amides is 4. The first-order valence-electron chi connectivity index (χ1n) is 9.01. The van der Waals surface area contributed by atoms with Crippen LogP contribution in [0.4, 0.5) is 10.5 Å². The van der Waals surface area contributed by atoms with Crippen molar-refractivity contribution >= 4 is 29.5 Å². The van der Waals surface area contributed by atoms with Crippen LogP contribution in [0.25, 0.3) is 0 Å². The van der Waals surface area contributed by atoms with E-state index in [1.54, 1.807) is 36.4 Å². The molecule has 2 aromatic carbocycles. The number of hydrazine groups is 1. The second-order valence-corrected chi connectivity index (χ2v) is 6.08. The van der Waals surface area contributed by atoms with Crippen LogP contribution < -0.4 is 21.5 Å². The number of nitrogens with one attached hydrogen (secondary N) is 4. The van der Waals surface area contributed by atoms with Gasteiger partial charge in [0.2, 0.25) is 11.8 Å². The number of hydrogen-bond donors (Lipinski definition) is 4. The fourth-order valence-corrected chi connectivity index (χ4v) is 2.29. The molecule has 0 saturated carbocycles. The van der Waals surface area contributed by atoms with Gasteiger partial charge < -0.3 is 15.4 Å². The van der Waals surface area contributed by atoms with Gasteiger partial charge in [-0.2, -0.15) is 0 Å². The van der Waals surface area contributed by atoms with Crippen LogP contribution in [0.3, 0.4) is 0 Å². The molecule has 4 amide bonds. The van der Waals surface area contributed by atoms with Gasteiger partial charge in [0.15, 0.2) is 0 Å². The van der Waals surface area contributed by atoms with Gasteiger partial charge in [0, 0.05) is 5.69 Å². The van der Waals surface area contributed by atoms with Crippen LogP contribution in [0, 0.1) is 0 Å². The summed E-state index contributed by atoms with van der Waals surface area (Å²) in [7, 11) is 0. The van der Waals surface area contributed by atoms with Crippen molar-refractivity contribution in [2.24, 2.45) is 0 Å². The van der Waals surface area contributed by atoms with Crippen LogP contribution in [0.1, 0.15) is 11.1 Å². The molecule has 0 aromatic heterocycles. The van der Waals surface area contributed by atoms with Gasteiger partial charge in [-0.15, -0.1) is 0 Å². The highest BCUT2D eigenvalue weighted by Gasteiger charge is 2.09. The average Bonchev–Trinajstić information content (AvgIpc) is 2.75. The van der Waals surface area contributed by atoms with E-state index in [1.165, 1.54) is 0 Å². The molecule has 0 heterocycles. The lowest BCUT2D eigenvalue weighted by molar-refractivity contribution is -0.128. The Hall–Kier alpha value is -4.14. The van der Waals surface area contributed by atoms with Crippen LogP contribution >= 0.6 is 0 Å². The van der Waals surface area contributed by atoms with E-state index in [4.69, 9.17) is 4.74 Å². The molecule has 0 fully saturated rings. The third-order valence-electron chi connectivity index (χ3n) is 3.69. The number of anilines is 1. The molecule has 0 saturated heterocycles. The van der Waals surface area contributed by atoms with E-state index in [0.717, 1.165) is 11.6 Å². The second kappa shape index (κ2) is 11.6. The average molecular weight is 410 g/mol. The molecule has 0 radical (unpaired) electrons. The van der Waals surface area contributed by atoms with E-state index in [2.05, 4.69) is 28.1 Å². The minimum atomic E-state index is -0.751. The Bertz CT molecular complexity index is 915. The summed E-state index contributed by atoms with van der Waals surface area (Å²) in [5.74, 6) is -1.45. The van der Waals surface area contributed by atoms with Crippen LogP contribution in [0.2, 0.25) is 0 Å². The van der Waals surface area contributed by atoms with Crippen molar-refractivity contribution in [1.29, 1.82) is 0 Å². The van der Waals surface area contributed by atoms with Crippen molar-refractivity contribution in [2.45, 2.75) is 13.0 Å². The Kier molecular flexibility index (Phi) is 8.60. The van der Waals surface area contributed by atoms with Gasteiger partial charge in [-0.25, -0.2) is 4.79 Å². The molecule has 30 heavy (non-hydrogen) atoms. The van der Waals surface area contributed by atoms with Crippen molar-refractivity contribution in [3.8, 4) is 0 Å². The normalized spacial score (nSPS) is 9.73. The topological polar surface area (TPSA) is 126 Å². The molecule has 156 valence electrons. The Balaban J connectivity index is 1.67. The number of alkyl carbamates (subject to hydrolysis) is 1. The standard InChI is InChI=1S/C21H22N4O5/c1-2-18(26)23-17-10-6-9-16(11-17)12-19(27)24-25-20(28)13-22-21(29)30-14-15-7-4-3-5-8-15/h2-11H,1,12-14H2,(H,22,29)(H,23,26)(H,24,27)(H,25,28). The summed E-state index contributed by atoms with van der Waals surface area (Å²) in [5, 5.41) is 4.88. The van der Waals surface area contributed by atoms with Crippen molar-refractivity contribution in [2.75, 3.05) is 11.9 Å². The van der Waals surface area contributed by atoms with E-state index >= 15 is 0 Å². The van der Waals surface area contributed by atoms with Crippen molar-refractivity contribution in [3.05, 3.63) is 78.4 Å². The molecule has 2 rings (SSSR count). The molecule has 0 spiro atoms. The maximum absolute atomic E-state index is 12.0. The number of rotatable bonds is 8. The van der Waals surface area contributed by atoms with Crippen LogP contribution in [0.5, 0.6) is 0 Å². The largest absolute Gasteiger partial charge is 0.445 e. The number of carbonyl (C=O) groups is 4. The minimum Gasteiger partial charge on any atom is -0.445 e. The van der Waals surface area contributed by atoms with Crippen molar-refractivity contribution < 1.29 is 23.9 Å². The smallest absolute Gasteiger partial charge is 0.407 e. The highest BCUT2D eigenvalue weighted by atomic mass is 16.5. The van der Waals surface area contributed by atoms with Crippen LogP contribution in [0.15, 0.2) is 67.3 Å². The molecular formula is C21H22N4O5. The first-order chi connectivity index (χ1) is 14.5. The predicted octanol–water partition coefficient (Wildman–Crippen LogP) is 1.43. The summed E-state index contributed by atoms with van der Waals surface area (Å²) in [6.07, 6.45) is 0.365. The van der Waals surface area contributed by atoms with Gasteiger partial charge in [0.25, 0.3) is 5.91 Å². The number of hydrogen-bond acceptors (Lipinski definition) is 5. The molecule has 2 aromatic rings. The van der Waals surface area contributed by atoms with E-state index < -0.39 is 17.9 Å². The summed E-state index contributed by atoms with van der Waals surface area (Å²) >= 11 is 0. The third-order valence-corrected chi connectivity index (χ3v) is 3.69. The Labute approximate surface area is 173 Å². The third kappa shape index (κ3) is 8.26. The first kappa shape index (κ1) is 22.2. The lowest BCUT2D eigenvalue weighted by Gasteiger charge is -2.10. The lowest BCUT2D eigenvalue weighted by Crippen LogP contribution is -2.46. The zero-order valence-electron chi connectivity index (χ0n) is 16.1. The zero-order chi connectivity index (χ0) is 21.8. The van der Waals surface area contributed by atoms with Crippen LogP contribution in [-0.4, -0.2) is 30.4 Å². The SMILES string of the molecule is C=CC(=O)Nc1cccc(CC(=O)NNC(=O)CNC(=O)OCc2ccccc2)c1. The summed E-state index contributed by atoms with van der Waals surface area (Å²) in [4.78, 5) is 46.6. The van der Waals surface area contributed by atoms with Crippen LogP contribution in [-0.2, 0) is 32.1 Å². The molecule has 0 atom stereocenters. The monoisotopic (exact) mass is 410 g/mol. The summed E-state index contributed by atoms with van der Waals surface area (Å²) < 4.78 is 4.98. The molecule has 0 unspecified atom stereocenters. The molecule has 0 aliphatic carbocycles. The molecule has 0 aliphatic heterocycles. The van der Waals surface area contributed by atoms with Gasteiger partial charge in [0.05, 0.1) is 6.42 Å². The van der Waals surface area contributed by atoms with Gasteiger partial charge in [0.1, 0.15) is 13.2 Å². The summed E-state index contributed by atoms with van der Waals surface area (Å²) in [5.41, 5.74) is 6.41. The van der Waals surface area contributed by atoms with Gasteiger partial charge in [-0.1, -0.05) is 49.0 Å². The molecule has 4 N–H and O–H groups in total. The highest BCUT2D eigenvalue weighted by Crippen LogP contribution is 2.11.